The fourth-order valence-electron chi connectivity index (χ4n) is 3.38. The van der Waals surface area contributed by atoms with E-state index in [4.69, 9.17) is 0 Å². The zero-order valence-electron chi connectivity index (χ0n) is 9.98. The highest BCUT2D eigenvalue weighted by Gasteiger charge is 2.40. The molecular formula is C16H18. The molecule has 0 N–H and O–H groups in total. The van der Waals surface area contributed by atoms with E-state index in [9.17, 15) is 0 Å². The Kier molecular flexibility index (Phi) is 2.07. The molecule has 1 aromatic rings. The molecule has 2 atom stereocenters. The highest BCUT2D eigenvalue weighted by atomic mass is 14.4. The normalized spacial score (nSPS) is 29.6. The summed E-state index contributed by atoms with van der Waals surface area (Å²) in [7, 11) is 0. The number of allylic oxidation sites excluding steroid dienone is 4. The maximum Gasteiger partial charge on any atom is -0.00322 e. The molecule has 2 aliphatic carbocycles. The summed E-state index contributed by atoms with van der Waals surface area (Å²) in [6.07, 6.45) is 10.4. The van der Waals surface area contributed by atoms with Gasteiger partial charge in [-0.2, -0.15) is 0 Å². The van der Waals surface area contributed by atoms with Crippen LogP contribution in [0.25, 0.3) is 0 Å². The van der Waals surface area contributed by atoms with Crippen LogP contribution in [-0.4, -0.2) is 0 Å². The van der Waals surface area contributed by atoms with E-state index < -0.39 is 0 Å². The van der Waals surface area contributed by atoms with Gasteiger partial charge >= 0.3 is 0 Å². The van der Waals surface area contributed by atoms with E-state index in [1.165, 1.54) is 17.5 Å². The molecular weight excluding hydrogens is 192 g/mol. The van der Waals surface area contributed by atoms with Gasteiger partial charge in [0.25, 0.3) is 0 Å². The topological polar surface area (TPSA) is 0 Å². The molecule has 0 heterocycles. The zero-order chi connectivity index (χ0) is 11.2. The van der Waals surface area contributed by atoms with Crippen molar-refractivity contribution in [3.8, 4) is 0 Å². The number of hydrogen-bond acceptors (Lipinski definition) is 0. The van der Waals surface area contributed by atoms with Gasteiger partial charge in [0.15, 0.2) is 0 Å². The van der Waals surface area contributed by atoms with Crippen LogP contribution >= 0.6 is 0 Å². The number of benzene rings is 1. The van der Waals surface area contributed by atoms with Crippen LogP contribution in [0.4, 0.5) is 0 Å². The Morgan fingerprint density at radius 1 is 1.06 bits per heavy atom. The minimum atomic E-state index is 0.265. The molecule has 0 heteroatoms. The third-order valence-electron chi connectivity index (χ3n) is 4.25. The summed E-state index contributed by atoms with van der Waals surface area (Å²) < 4.78 is 0. The third-order valence-corrected chi connectivity index (χ3v) is 4.25. The summed E-state index contributed by atoms with van der Waals surface area (Å²) in [6.45, 7) is 4.76. The first kappa shape index (κ1) is 9.89. The summed E-state index contributed by atoms with van der Waals surface area (Å²) in [5.41, 5.74) is 3.34. The molecule has 16 heavy (non-hydrogen) atoms. The van der Waals surface area contributed by atoms with Crippen molar-refractivity contribution in [3.05, 3.63) is 59.7 Å². The smallest absolute Gasteiger partial charge is 0.00322 e. The lowest BCUT2D eigenvalue weighted by atomic mass is 9.60. The summed E-state index contributed by atoms with van der Waals surface area (Å²) >= 11 is 0. The Balaban J connectivity index is 2.15. The van der Waals surface area contributed by atoms with Crippen molar-refractivity contribution >= 4 is 0 Å². The van der Waals surface area contributed by atoms with Gasteiger partial charge in [0.05, 0.1) is 0 Å². The molecule has 82 valence electrons. The van der Waals surface area contributed by atoms with Crippen molar-refractivity contribution in [2.75, 3.05) is 0 Å². The lowest BCUT2D eigenvalue weighted by Gasteiger charge is -2.44. The van der Waals surface area contributed by atoms with Crippen LogP contribution in [0.5, 0.6) is 0 Å². The molecule has 0 saturated heterocycles. The highest BCUT2D eigenvalue weighted by Crippen LogP contribution is 2.46. The first-order valence-electron chi connectivity index (χ1n) is 6.13. The summed E-state index contributed by atoms with van der Waals surface area (Å²) in [4.78, 5) is 0. The predicted molar refractivity (Wildman–Crippen MR) is 68.4 cm³/mol. The number of rotatable bonds is 0. The molecule has 2 aliphatic rings. The largest absolute Gasteiger partial charge is 0.0805 e. The van der Waals surface area contributed by atoms with Crippen LogP contribution in [-0.2, 0) is 11.8 Å². The molecule has 0 amide bonds. The molecule has 3 rings (SSSR count). The Bertz CT molecular complexity index is 463. The zero-order valence-corrected chi connectivity index (χ0v) is 9.98. The van der Waals surface area contributed by atoms with Gasteiger partial charge in [-0.1, -0.05) is 62.4 Å². The van der Waals surface area contributed by atoms with Gasteiger partial charge in [-0.15, -0.1) is 0 Å². The van der Waals surface area contributed by atoms with Gasteiger partial charge < -0.3 is 0 Å². The first-order valence-corrected chi connectivity index (χ1v) is 6.13. The van der Waals surface area contributed by atoms with Crippen molar-refractivity contribution in [3.63, 3.8) is 0 Å². The van der Waals surface area contributed by atoms with Crippen molar-refractivity contribution in [2.45, 2.75) is 25.7 Å². The quantitative estimate of drug-likeness (QED) is 0.609. The monoisotopic (exact) mass is 210 g/mol. The van der Waals surface area contributed by atoms with Crippen molar-refractivity contribution in [1.29, 1.82) is 0 Å². The number of hydrogen-bond donors (Lipinski definition) is 0. The summed E-state index contributed by atoms with van der Waals surface area (Å²) in [5.74, 6) is 1.35. The highest BCUT2D eigenvalue weighted by molar-refractivity contribution is 5.40. The van der Waals surface area contributed by atoms with Gasteiger partial charge in [-0.3, -0.25) is 0 Å². The Hall–Kier alpha value is -1.30. The SMILES string of the molecule is CC1(C)c2ccccc2CC2C=CC=CC21. The molecule has 0 saturated carbocycles. The fraction of sp³-hybridized carbons (Fsp3) is 0.375. The molecule has 0 nitrogen and oxygen atoms in total. The van der Waals surface area contributed by atoms with Crippen LogP contribution < -0.4 is 0 Å². The van der Waals surface area contributed by atoms with Crippen molar-refractivity contribution in [2.24, 2.45) is 11.8 Å². The Morgan fingerprint density at radius 3 is 2.69 bits per heavy atom. The minimum Gasteiger partial charge on any atom is -0.0805 e. The van der Waals surface area contributed by atoms with Gasteiger partial charge in [-0.05, 0) is 34.8 Å². The van der Waals surface area contributed by atoms with Crippen LogP contribution in [0.1, 0.15) is 25.0 Å². The Labute approximate surface area is 97.7 Å². The van der Waals surface area contributed by atoms with Crippen LogP contribution in [0.15, 0.2) is 48.6 Å². The molecule has 0 radical (unpaired) electrons. The average molecular weight is 210 g/mol. The van der Waals surface area contributed by atoms with E-state index in [0.29, 0.717) is 11.8 Å². The first-order chi connectivity index (χ1) is 7.69. The molecule has 0 bridgehead atoms. The maximum absolute atomic E-state index is 2.39. The lowest BCUT2D eigenvalue weighted by molar-refractivity contribution is 0.277. The van der Waals surface area contributed by atoms with Crippen molar-refractivity contribution in [1.82, 2.24) is 0 Å². The summed E-state index contributed by atoms with van der Waals surface area (Å²) in [6, 6.07) is 8.93. The van der Waals surface area contributed by atoms with E-state index in [0.717, 1.165) is 0 Å². The molecule has 2 unspecified atom stereocenters. The van der Waals surface area contributed by atoms with E-state index in [2.05, 4.69) is 62.4 Å². The Morgan fingerprint density at radius 2 is 1.81 bits per heavy atom. The fourth-order valence-corrected chi connectivity index (χ4v) is 3.38. The van der Waals surface area contributed by atoms with E-state index >= 15 is 0 Å². The van der Waals surface area contributed by atoms with E-state index in [-0.39, 0.29) is 5.41 Å². The van der Waals surface area contributed by atoms with Crippen LogP contribution in [0.3, 0.4) is 0 Å². The van der Waals surface area contributed by atoms with Gasteiger partial charge in [0, 0.05) is 0 Å². The third kappa shape index (κ3) is 1.29. The second kappa shape index (κ2) is 3.35. The molecule has 0 spiro atoms. The van der Waals surface area contributed by atoms with Gasteiger partial charge in [0.2, 0.25) is 0 Å². The molecule has 0 fully saturated rings. The molecule has 1 aromatic carbocycles. The van der Waals surface area contributed by atoms with Crippen molar-refractivity contribution < 1.29 is 0 Å². The number of fused-ring (bicyclic) bond motifs is 2. The average Bonchev–Trinajstić information content (AvgIpc) is 2.29. The lowest BCUT2D eigenvalue weighted by Crippen LogP contribution is -2.39. The van der Waals surface area contributed by atoms with Crippen LogP contribution in [0, 0.1) is 11.8 Å². The predicted octanol–water partition coefficient (Wildman–Crippen LogP) is 3.88. The second-order valence-corrected chi connectivity index (χ2v) is 5.54. The standard InChI is InChI=1S/C16H18/c1-16(2)14-9-5-3-7-12(14)11-13-8-4-6-10-15(13)16/h3-10,12,14H,11H2,1-2H3. The summed E-state index contributed by atoms with van der Waals surface area (Å²) in [5, 5.41) is 0. The van der Waals surface area contributed by atoms with E-state index in [1.807, 2.05) is 0 Å². The van der Waals surface area contributed by atoms with Gasteiger partial charge in [-0.25, -0.2) is 0 Å². The maximum atomic E-state index is 2.39. The van der Waals surface area contributed by atoms with E-state index in [1.54, 1.807) is 0 Å². The minimum absolute atomic E-state index is 0.265. The second-order valence-electron chi connectivity index (χ2n) is 5.54. The molecule has 0 aliphatic heterocycles. The van der Waals surface area contributed by atoms with Gasteiger partial charge in [0.1, 0.15) is 0 Å². The molecule has 0 aromatic heterocycles. The van der Waals surface area contributed by atoms with Crippen LogP contribution in [0.2, 0.25) is 0 Å².